The molecule has 0 saturated heterocycles. The SMILES string of the molecule is CC(C)(C)OC(=O)NNC(=O)Cc1ncccc1F. The van der Waals surface area contributed by atoms with E-state index in [0.29, 0.717) is 0 Å². The first-order valence-corrected chi connectivity index (χ1v) is 5.65. The van der Waals surface area contributed by atoms with Crippen molar-refractivity contribution in [1.29, 1.82) is 0 Å². The van der Waals surface area contributed by atoms with Crippen molar-refractivity contribution in [1.82, 2.24) is 15.8 Å². The molecule has 6 nitrogen and oxygen atoms in total. The Labute approximate surface area is 110 Å². The van der Waals surface area contributed by atoms with Gasteiger partial charge < -0.3 is 4.74 Å². The molecule has 7 heteroatoms. The Morgan fingerprint density at radius 3 is 2.63 bits per heavy atom. The first kappa shape index (κ1) is 14.9. The summed E-state index contributed by atoms with van der Waals surface area (Å²) in [6, 6.07) is 2.63. The summed E-state index contributed by atoms with van der Waals surface area (Å²) < 4.78 is 18.1. The molecule has 1 heterocycles. The zero-order valence-electron chi connectivity index (χ0n) is 11.0. The van der Waals surface area contributed by atoms with Crippen molar-refractivity contribution in [2.75, 3.05) is 0 Å². The Bertz CT molecular complexity index is 472. The van der Waals surface area contributed by atoms with E-state index in [1.165, 1.54) is 18.3 Å². The van der Waals surface area contributed by atoms with Gasteiger partial charge in [0.25, 0.3) is 0 Å². The fourth-order valence-electron chi connectivity index (χ4n) is 1.17. The molecule has 2 N–H and O–H groups in total. The third kappa shape index (κ3) is 5.80. The average molecular weight is 269 g/mol. The van der Waals surface area contributed by atoms with Crippen LogP contribution in [-0.4, -0.2) is 22.6 Å². The lowest BCUT2D eigenvalue weighted by molar-refractivity contribution is -0.121. The highest BCUT2D eigenvalue weighted by Gasteiger charge is 2.16. The van der Waals surface area contributed by atoms with Crippen molar-refractivity contribution in [3.05, 3.63) is 29.8 Å². The van der Waals surface area contributed by atoms with Gasteiger partial charge in [0.1, 0.15) is 11.4 Å². The molecule has 0 saturated carbocycles. The maximum Gasteiger partial charge on any atom is 0.426 e. The molecular formula is C12H16FN3O3. The molecule has 0 unspecified atom stereocenters. The van der Waals surface area contributed by atoms with Crippen LogP contribution in [0.1, 0.15) is 26.5 Å². The van der Waals surface area contributed by atoms with Crippen LogP contribution < -0.4 is 10.9 Å². The minimum Gasteiger partial charge on any atom is -0.443 e. The summed E-state index contributed by atoms with van der Waals surface area (Å²) >= 11 is 0. The number of hydrogen-bond donors (Lipinski definition) is 2. The van der Waals surface area contributed by atoms with Crippen molar-refractivity contribution >= 4 is 12.0 Å². The Kier molecular flexibility index (Phi) is 4.80. The maximum atomic E-state index is 13.2. The maximum absolute atomic E-state index is 13.2. The van der Waals surface area contributed by atoms with Gasteiger partial charge >= 0.3 is 6.09 Å². The third-order valence-electron chi connectivity index (χ3n) is 1.87. The number of amides is 2. The van der Waals surface area contributed by atoms with E-state index in [0.717, 1.165) is 0 Å². The van der Waals surface area contributed by atoms with Crippen LogP contribution in [0.2, 0.25) is 0 Å². The fourth-order valence-corrected chi connectivity index (χ4v) is 1.17. The van der Waals surface area contributed by atoms with E-state index in [2.05, 4.69) is 15.8 Å². The smallest absolute Gasteiger partial charge is 0.426 e. The molecule has 1 aromatic rings. The van der Waals surface area contributed by atoms with E-state index in [9.17, 15) is 14.0 Å². The lowest BCUT2D eigenvalue weighted by atomic mass is 10.2. The van der Waals surface area contributed by atoms with E-state index in [1.54, 1.807) is 20.8 Å². The van der Waals surface area contributed by atoms with Crippen LogP contribution in [-0.2, 0) is 16.0 Å². The van der Waals surface area contributed by atoms with Gasteiger partial charge in [-0.1, -0.05) is 0 Å². The van der Waals surface area contributed by atoms with Gasteiger partial charge in [-0.3, -0.25) is 15.2 Å². The Morgan fingerprint density at radius 2 is 2.05 bits per heavy atom. The van der Waals surface area contributed by atoms with Crippen LogP contribution in [0.3, 0.4) is 0 Å². The van der Waals surface area contributed by atoms with Gasteiger partial charge in [-0.15, -0.1) is 0 Å². The molecule has 0 aliphatic heterocycles. The summed E-state index contributed by atoms with van der Waals surface area (Å²) in [7, 11) is 0. The largest absolute Gasteiger partial charge is 0.443 e. The van der Waals surface area contributed by atoms with E-state index in [1.807, 2.05) is 0 Å². The number of nitrogens with one attached hydrogen (secondary N) is 2. The summed E-state index contributed by atoms with van der Waals surface area (Å²) in [6.07, 6.45) is 0.317. The van der Waals surface area contributed by atoms with Gasteiger partial charge in [-0.05, 0) is 32.9 Å². The number of rotatable bonds is 2. The van der Waals surface area contributed by atoms with E-state index < -0.39 is 23.4 Å². The molecule has 2 amide bonds. The van der Waals surface area contributed by atoms with Gasteiger partial charge in [0.15, 0.2) is 0 Å². The lowest BCUT2D eigenvalue weighted by Crippen LogP contribution is -2.45. The van der Waals surface area contributed by atoms with Crippen LogP contribution in [0.4, 0.5) is 9.18 Å². The van der Waals surface area contributed by atoms with E-state index >= 15 is 0 Å². The number of aromatic nitrogens is 1. The van der Waals surface area contributed by atoms with Crippen molar-refractivity contribution < 1.29 is 18.7 Å². The Balaban J connectivity index is 2.41. The average Bonchev–Trinajstić information content (AvgIpc) is 2.27. The highest BCUT2D eigenvalue weighted by atomic mass is 19.1. The highest BCUT2D eigenvalue weighted by molar-refractivity contribution is 5.80. The van der Waals surface area contributed by atoms with Crippen LogP contribution in [0.25, 0.3) is 0 Å². The predicted molar refractivity (Wildman–Crippen MR) is 65.4 cm³/mol. The molecule has 0 aliphatic carbocycles. The molecule has 0 atom stereocenters. The topological polar surface area (TPSA) is 80.3 Å². The minimum atomic E-state index is -0.789. The van der Waals surface area contributed by atoms with Crippen LogP contribution in [0.15, 0.2) is 18.3 Å². The van der Waals surface area contributed by atoms with Gasteiger partial charge in [-0.25, -0.2) is 14.6 Å². The van der Waals surface area contributed by atoms with Crippen molar-refractivity contribution in [3.8, 4) is 0 Å². The van der Waals surface area contributed by atoms with E-state index in [4.69, 9.17) is 4.74 Å². The number of pyridine rings is 1. The number of carbonyl (C=O) groups excluding carboxylic acids is 2. The number of carbonyl (C=O) groups is 2. The predicted octanol–water partition coefficient (Wildman–Crippen LogP) is 1.32. The van der Waals surface area contributed by atoms with Crippen molar-refractivity contribution in [2.24, 2.45) is 0 Å². The second-order valence-corrected chi connectivity index (χ2v) is 4.78. The Hall–Kier alpha value is -2.18. The molecule has 0 radical (unpaired) electrons. The molecular weight excluding hydrogens is 253 g/mol. The second kappa shape index (κ2) is 6.12. The zero-order valence-corrected chi connectivity index (χ0v) is 11.0. The van der Waals surface area contributed by atoms with Gasteiger partial charge in [0.05, 0.1) is 12.1 Å². The summed E-state index contributed by atoms with van der Waals surface area (Å²) in [4.78, 5) is 26.4. The molecule has 1 aromatic heterocycles. The number of ether oxygens (including phenoxy) is 1. The number of hydrogen-bond acceptors (Lipinski definition) is 4. The highest BCUT2D eigenvalue weighted by Crippen LogP contribution is 2.06. The number of nitrogens with zero attached hydrogens (tertiary/aromatic N) is 1. The molecule has 104 valence electrons. The lowest BCUT2D eigenvalue weighted by Gasteiger charge is -2.19. The number of hydrazine groups is 1. The number of halogens is 1. The summed E-state index contributed by atoms with van der Waals surface area (Å²) in [6.45, 7) is 5.08. The molecule has 19 heavy (non-hydrogen) atoms. The summed E-state index contributed by atoms with van der Waals surface area (Å²) in [5.41, 5.74) is 3.52. The minimum absolute atomic E-state index is 0.00555. The first-order valence-electron chi connectivity index (χ1n) is 5.65. The third-order valence-corrected chi connectivity index (χ3v) is 1.87. The fraction of sp³-hybridized carbons (Fsp3) is 0.417. The van der Waals surface area contributed by atoms with Gasteiger partial charge in [0, 0.05) is 6.20 Å². The molecule has 1 rings (SSSR count). The molecule has 0 aromatic carbocycles. The molecule has 0 aliphatic rings. The van der Waals surface area contributed by atoms with Gasteiger partial charge in [-0.2, -0.15) is 0 Å². The normalized spacial score (nSPS) is 10.7. The van der Waals surface area contributed by atoms with Crippen LogP contribution >= 0.6 is 0 Å². The monoisotopic (exact) mass is 269 g/mol. The Morgan fingerprint density at radius 1 is 1.37 bits per heavy atom. The van der Waals surface area contributed by atoms with E-state index in [-0.39, 0.29) is 12.1 Å². The summed E-state index contributed by atoms with van der Waals surface area (Å²) in [5.74, 6) is -1.17. The van der Waals surface area contributed by atoms with Crippen molar-refractivity contribution in [2.45, 2.75) is 32.8 Å². The van der Waals surface area contributed by atoms with Gasteiger partial charge in [0.2, 0.25) is 5.91 Å². The van der Waals surface area contributed by atoms with Crippen LogP contribution in [0, 0.1) is 5.82 Å². The second-order valence-electron chi connectivity index (χ2n) is 4.78. The summed E-state index contributed by atoms with van der Waals surface area (Å²) in [5, 5.41) is 0. The first-order chi connectivity index (χ1) is 8.78. The zero-order chi connectivity index (χ0) is 14.5. The van der Waals surface area contributed by atoms with Crippen LogP contribution in [0.5, 0.6) is 0 Å². The molecule has 0 bridgehead atoms. The standard InChI is InChI=1S/C12H16FN3O3/c1-12(2,3)19-11(18)16-15-10(17)7-9-8(13)5-4-6-14-9/h4-6H,7H2,1-3H3,(H,15,17)(H,16,18). The van der Waals surface area contributed by atoms with Crippen molar-refractivity contribution in [3.63, 3.8) is 0 Å². The quantitative estimate of drug-likeness (QED) is 0.793. The molecule has 0 fully saturated rings. The molecule has 0 spiro atoms.